The molecule has 1 fully saturated rings. The second kappa shape index (κ2) is 15.8. The van der Waals surface area contributed by atoms with E-state index in [1.54, 1.807) is 12.1 Å². The van der Waals surface area contributed by atoms with Gasteiger partial charge in [-0.25, -0.2) is 22.9 Å². The predicted octanol–water partition coefficient (Wildman–Crippen LogP) is 4.10. The molecule has 5 rings (SSSR count). The van der Waals surface area contributed by atoms with Crippen LogP contribution in [0.25, 0.3) is 0 Å². The molecule has 0 bridgehead atoms. The molecule has 4 N–H and O–H groups in total. The maximum absolute atomic E-state index is 14.1. The summed E-state index contributed by atoms with van der Waals surface area (Å²) in [5, 5.41) is 16.4. The monoisotopic (exact) mass is 657 g/mol. The van der Waals surface area contributed by atoms with Gasteiger partial charge in [0.25, 0.3) is 10.0 Å². The molecule has 1 aliphatic rings. The Balaban J connectivity index is 1.23. The number of hydrogen-bond acceptors (Lipinski definition) is 7. The Morgan fingerprint density at radius 3 is 2.19 bits per heavy atom. The summed E-state index contributed by atoms with van der Waals surface area (Å²) in [6.45, 7) is 1.03. The average Bonchev–Trinajstić information content (AvgIpc) is 3.10. The third kappa shape index (κ3) is 8.80. The maximum Gasteiger partial charge on any atom is 0.407 e. The summed E-state index contributed by atoms with van der Waals surface area (Å²) in [7, 11) is -2.30. The van der Waals surface area contributed by atoms with Crippen LogP contribution in [0.4, 0.5) is 10.5 Å². The number of nitrogens with zero attached hydrogens (tertiary/aromatic N) is 2. The minimum absolute atomic E-state index is 0.0306. The van der Waals surface area contributed by atoms with Gasteiger partial charge in [0.2, 0.25) is 5.91 Å². The van der Waals surface area contributed by atoms with Crippen molar-refractivity contribution in [3.05, 3.63) is 126 Å². The number of para-hydroxylation sites is 1. The van der Waals surface area contributed by atoms with Gasteiger partial charge in [-0.3, -0.25) is 9.69 Å². The number of anilines is 1. The molecule has 0 spiro atoms. The summed E-state index contributed by atoms with van der Waals surface area (Å²) in [6.07, 6.45) is 1.36. The maximum atomic E-state index is 14.1. The van der Waals surface area contributed by atoms with E-state index < -0.39 is 34.0 Å². The van der Waals surface area contributed by atoms with Gasteiger partial charge in [0, 0.05) is 44.0 Å². The van der Waals surface area contributed by atoms with E-state index in [2.05, 4.69) is 20.3 Å². The van der Waals surface area contributed by atoms with Gasteiger partial charge < -0.3 is 20.5 Å². The standard InChI is InChI=1S/C35H39N5O6S/c1-40(35(42)43)33(32(26-13-4-2-5-14-26)27-15-6-3-7-16-27)34(41)39-30-17-9-8-12-25(30)19-20-29-23-37-28(24-46-29)22-38-47(44,45)31-18-10-11-21-36-31/h2-18,21,28-29,32-33,37-38H,19-20,22-24H2,1H3,(H,39,41)(H,42,43)/t28-,29-,33+/m1/s1. The first kappa shape index (κ1) is 33.7. The lowest BCUT2D eigenvalue weighted by atomic mass is 9.84. The zero-order chi connectivity index (χ0) is 33.2. The number of carbonyl (C=O) groups is 2. The number of hydrogen-bond donors (Lipinski definition) is 4. The van der Waals surface area contributed by atoms with Crippen LogP contribution >= 0.6 is 0 Å². The quantitative estimate of drug-likeness (QED) is 0.168. The molecular formula is C35H39N5O6S. The molecule has 0 aliphatic carbocycles. The normalized spacial score (nSPS) is 17.1. The van der Waals surface area contributed by atoms with Crippen molar-refractivity contribution in [2.45, 2.75) is 42.0 Å². The molecular weight excluding hydrogens is 618 g/mol. The first-order chi connectivity index (χ1) is 22.7. The highest BCUT2D eigenvalue weighted by molar-refractivity contribution is 7.89. The van der Waals surface area contributed by atoms with Gasteiger partial charge in [-0.2, -0.15) is 0 Å². The van der Waals surface area contributed by atoms with E-state index in [1.165, 1.54) is 19.3 Å². The van der Waals surface area contributed by atoms with Crippen molar-refractivity contribution >= 4 is 27.7 Å². The predicted molar refractivity (Wildman–Crippen MR) is 179 cm³/mol. The summed E-state index contributed by atoms with van der Waals surface area (Å²) in [4.78, 5) is 31.3. The van der Waals surface area contributed by atoms with E-state index in [0.717, 1.165) is 21.6 Å². The van der Waals surface area contributed by atoms with Crippen molar-refractivity contribution in [2.75, 3.05) is 32.1 Å². The summed E-state index contributed by atoms with van der Waals surface area (Å²) in [5.74, 6) is -0.986. The Morgan fingerprint density at radius 2 is 1.60 bits per heavy atom. The molecule has 2 amide bonds. The molecule has 1 saturated heterocycles. The minimum Gasteiger partial charge on any atom is -0.465 e. The molecule has 3 atom stereocenters. The highest BCUT2D eigenvalue weighted by atomic mass is 32.2. The molecule has 0 unspecified atom stereocenters. The van der Waals surface area contributed by atoms with E-state index in [0.29, 0.717) is 31.7 Å². The number of amides is 2. The number of benzene rings is 3. The minimum atomic E-state index is -3.71. The Bertz CT molecular complexity index is 1680. The topological polar surface area (TPSA) is 150 Å². The SMILES string of the molecule is CN(C(=O)O)[C@H](C(=O)Nc1ccccc1CC[C@@H]1CN[C@H](CNS(=O)(=O)c2ccccn2)CO1)C(c1ccccc1)c1ccccc1. The lowest BCUT2D eigenvalue weighted by molar-refractivity contribution is -0.120. The van der Waals surface area contributed by atoms with Crippen LogP contribution in [0.1, 0.15) is 29.0 Å². The summed E-state index contributed by atoms with van der Waals surface area (Å²) in [5.41, 5.74) is 3.14. The van der Waals surface area contributed by atoms with Crippen molar-refractivity contribution < 1.29 is 27.9 Å². The van der Waals surface area contributed by atoms with Crippen LogP contribution in [0.5, 0.6) is 0 Å². The fraction of sp³-hybridized carbons (Fsp3) is 0.286. The molecule has 246 valence electrons. The van der Waals surface area contributed by atoms with Crippen LogP contribution in [-0.4, -0.2) is 80.3 Å². The summed E-state index contributed by atoms with van der Waals surface area (Å²) in [6, 6.07) is 29.8. The number of rotatable bonds is 13. The largest absolute Gasteiger partial charge is 0.465 e. The molecule has 4 aromatic rings. The number of ether oxygens (including phenoxy) is 1. The number of nitrogens with one attached hydrogen (secondary N) is 3. The van der Waals surface area contributed by atoms with Gasteiger partial charge in [0.15, 0.2) is 5.03 Å². The molecule has 47 heavy (non-hydrogen) atoms. The second-order valence-corrected chi connectivity index (χ2v) is 13.1. The number of likely N-dealkylation sites (N-methyl/N-ethyl adjacent to an activating group) is 1. The van der Waals surface area contributed by atoms with Gasteiger partial charge in [0.1, 0.15) is 6.04 Å². The first-order valence-electron chi connectivity index (χ1n) is 15.4. The number of carboxylic acid groups (broad SMARTS) is 1. The van der Waals surface area contributed by atoms with Crippen LogP contribution in [0.15, 0.2) is 114 Å². The third-order valence-electron chi connectivity index (χ3n) is 8.23. The van der Waals surface area contributed by atoms with Crippen LogP contribution in [-0.2, 0) is 26.0 Å². The number of pyridine rings is 1. The van der Waals surface area contributed by atoms with Gasteiger partial charge >= 0.3 is 6.09 Å². The Morgan fingerprint density at radius 1 is 0.957 bits per heavy atom. The van der Waals surface area contributed by atoms with Crippen LogP contribution in [0.2, 0.25) is 0 Å². The average molecular weight is 658 g/mol. The lowest BCUT2D eigenvalue weighted by Gasteiger charge is -2.33. The van der Waals surface area contributed by atoms with Crippen molar-refractivity contribution in [3.8, 4) is 0 Å². The van der Waals surface area contributed by atoms with Crippen molar-refractivity contribution in [1.82, 2.24) is 19.9 Å². The second-order valence-electron chi connectivity index (χ2n) is 11.4. The number of carbonyl (C=O) groups excluding carboxylic acids is 1. The highest BCUT2D eigenvalue weighted by Crippen LogP contribution is 2.32. The molecule has 12 heteroatoms. The highest BCUT2D eigenvalue weighted by Gasteiger charge is 2.37. The van der Waals surface area contributed by atoms with Gasteiger partial charge in [-0.05, 0) is 47.7 Å². The van der Waals surface area contributed by atoms with Gasteiger partial charge in [-0.15, -0.1) is 0 Å². The number of sulfonamides is 1. The van der Waals surface area contributed by atoms with E-state index in [4.69, 9.17) is 4.74 Å². The van der Waals surface area contributed by atoms with Crippen LogP contribution < -0.4 is 15.4 Å². The van der Waals surface area contributed by atoms with E-state index in [-0.39, 0.29) is 23.7 Å². The first-order valence-corrected chi connectivity index (χ1v) is 16.9. The van der Waals surface area contributed by atoms with Crippen LogP contribution in [0, 0.1) is 0 Å². The van der Waals surface area contributed by atoms with Crippen molar-refractivity contribution in [1.29, 1.82) is 0 Å². The molecule has 0 radical (unpaired) electrons. The molecule has 1 aromatic heterocycles. The molecule has 1 aliphatic heterocycles. The summed E-state index contributed by atoms with van der Waals surface area (Å²) < 4.78 is 33.6. The fourth-order valence-corrected chi connectivity index (χ4v) is 6.73. The lowest BCUT2D eigenvalue weighted by Crippen LogP contribution is -2.51. The number of aromatic nitrogens is 1. The van der Waals surface area contributed by atoms with Gasteiger partial charge in [0.05, 0.1) is 12.7 Å². The number of morpholine rings is 1. The fourth-order valence-electron chi connectivity index (χ4n) is 5.71. The van der Waals surface area contributed by atoms with E-state index >= 15 is 0 Å². The molecule has 11 nitrogen and oxygen atoms in total. The Labute approximate surface area is 275 Å². The smallest absolute Gasteiger partial charge is 0.407 e. The zero-order valence-electron chi connectivity index (χ0n) is 26.0. The summed E-state index contributed by atoms with van der Waals surface area (Å²) >= 11 is 0. The van der Waals surface area contributed by atoms with E-state index in [9.17, 15) is 23.1 Å². The molecule has 2 heterocycles. The van der Waals surface area contributed by atoms with Crippen molar-refractivity contribution in [2.24, 2.45) is 0 Å². The van der Waals surface area contributed by atoms with Crippen LogP contribution in [0.3, 0.4) is 0 Å². The Hall–Kier alpha value is -4.62. The Kier molecular flexibility index (Phi) is 11.3. The van der Waals surface area contributed by atoms with E-state index in [1.807, 2.05) is 84.9 Å². The van der Waals surface area contributed by atoms with Crippen molar-refractivity contribution in [3.63, 3.8) is 0 Å². The van der Waals surface area contributed by atoms with Gasteiger partial charge in [-0.1, -0.05) is 84.9 Å². The molecule has 3 aromatic carbocycles. The zero-order valence-corrected chi connectivity index (χ0v) is 26.8. The molecule has 0 saturated carbocycles. The number of aryl methyl sites for hydroxylation is 1. The third-order valence-corrected chi connectivity index (χ3v) is 9.57.